The summed E-state index contributed by atoms with van der Waals surface area (Å²) in [6, 6.07) is 13.4. The molecular formula is C19H17N3O4S. The minimum Gasteiger partial charge on any atom is -0.490 e. The summed E-state index contributed by atoms with van der Waals surface area (Å²) in [7, 11) is 0. The molecule has 0 saturated carbocycles. The highest BCUT2D eigenvalue weighted by Crippen LogP contribution is 2.31. The molecule has 0 aliphatic carbocycles. The van der Waals surface area contributed by atoms with Crippen LogP contribution < -0.4 is 15.2 Å². The first-order chi connectivity index (χ1) is 13.0. The maximum absolute atomic E-state index is 11.1. The van der Waals surface area contributed by atoms with Crippen LogP contribution >= 0.6 is 12.2 Å². The van der Waals surface area contributed by atoms with Crippen LogP contribution in [0.3, 0.4) is 0 Å². The average molecular weight is 383 g/mol. The number of nitrogens with zero attached hydrogens (tertiary/aromatic N) is 2. The molecule has 0 radical (unpaired) electrons. The van der Waals surface area contributed by atoms with Crippen LogP contribution in [0.25, 0.3) is 6.08 Å². The summed E-state index contributed by atoms with van der Waals surface area (Å²) in [5.41, 5.74) is 6.79. The highest BCUT2D eigenvalue weighted by molar-refractivity contribution is 7.80. The topological polar surface area (TPSA) is 111 Å². The summed E-state index contributed by atoms with van der Waals surface area (Å²) in [6.45, 7) is 2.24. The van der Waals surface area contributed by atoms with Crippen LogP contribution in [0.15, 0.2) is 48.0 Å². The molecule has 0 fully saturated rings. The Bertz CT molecular complexity index is 935. The number of benzene rings is 2. The molecule has 0 saturated heterocycles. The third-order valence-corrected chi connectivity index (χ3v) is 3.76. The summed E-state index contributed by atoms with van der Waals surface area (Å²) in [5, 5.41) is 20.2. The SMILES string of the molecule is CCOc1cc(/C=C(\C#N)C(N)=S)ccc1OCc1ccccc1[N+](=O)[O-]. The van der Waals surface area contributed by atoms with Crippen LogP contribution in [0, 0.1) is 21.4 Å². The number of hydrogen-bond acceptors (Lipinski definition) is 6. The molecule has 0 amide bonds. The number of nitro benzene ring substituents is 1. The Hall–Kier alpha value is -3.44. The number of ether oxygens (including phenoxy) is 2. The summed E-state index contributed by atoms with van der Waals surface area (Å²) in [6.07, 6.45) is 1.55. The van der Waals surface area contributed by atoms with Crippen LogP contribution in [0.5, 0.6) is 11.5 Å². The molecule has 0 spiro atoms. The first kappa shape index (κ1) is 19.9. The number of para-hydroxylation sites is 1. The second-order valence-corrected chi connectivity index (χ2v) is 5.79. The van der Waals surface area contributed by atoms with Crippen molar-refractivity contribution >= 4 is 29.0 Å². The lowest BCUT2D eigenvalue weighted by molar-refractivity contribution is -0.385. The van der Waals surface area contributed by atoms with Gasteiger partial charge in [-0.05, 0) is 36.8 Å². The van der Waals surface area contributed by atoms with Crippen molar-refractivity contribution in [2.75, 3.05) is 6.61 Å². The number of nitrogens with two attached hydrogens (primary N) is 1. The van der Waals surface area contributed by atoms with Gasteiger partial charge in [-0.3, -0.25) is 10.1 Å². The van der Waals surface area contributed by atoms with Gasteiger partial charge in [-0.2, -0.15) is 5.26 Å². The lowest BCUT2D eigenvalue weighted by atomic mass is 10.1. The minimum absolute atomic E-state index is 0.00664. The van der Waals surface area contributed by atoms with E-state index in [0.29, 0.717) is 29.2 Å². The van der Waals surface area contributed by atoms with E-state index in [2.05, 4.69) is 0 Å². The molecule has 2 aromatic rings. The molecule has 7 nitrogen and oxygen atoms in total. The second-order valence-electron chi connectivity index (χ2n) is 5.35. The zero-order valence-electron chi connectivity index (χ0n) is 14.5. The van der Waals surface area contributed by atoms with Gasteiger partial charge in [0.2, 0.25) is 0 Å². The summed E-state index contributed by atoms with van der Waals surface area (Å²) in [5.74, 6) is 0.881. The average Bonchev–Trinajstić information content (AvgIpc) is 2.65. The predicted molar refractivity (Wildman–Crippen MR) is 105 cm³/mol. The van der Waals surface area contributed by atoms with Gasteiger partial charge in [0.15, 0.2) is 11.5 Å². The second kappa shape index (κ2) is 9.31. The van der Waals surface area contributed by atoms with Crippen molar-refractivity contribution in [3.05, 3.63) is 69.3 Å². The van der Waals surface area contributed by atoms with Crippen LogP contribution in [0.2, 0.25) is 0 Å². The lowest BCUT2D eigenvalue weighted by Crippen LogP contribution is -2.09. The van der Waals surface area contributed by atoms with Crippen molar-refractivity contribution in [2.24, 2.45) is 5.73 Å². The largest absolute Gasteiger partial charge is 0.490 e. The van der Waals surface area contributed by atoms with Gasteiger partial charge in [-0.15, -0.1) is 0 Å². The number of thiocarbonyl (C=S) groups is 1. The van der Waals surface area contributed by atoms with Crippen molar-refractivity contribution in [2.45, 2.75) is 13.5 Å². The Kier molecular flexibility index (Phi) is 6.86. The molecule has 0 aliphatic rings. The molecule has 0 heterocycles. The van der Waals surface area contributed by atoms with Crippen LogP contribution in [-0.2, 0) is 6.61 Å². The van der Waals surface area contributed by atoms with Gasteiger partial charge in [-0.1, -0.05) is 30.4 Å². The number of nitriles is 1. The normalized spacial score (nSPS) is 10.7. The summed E-state index contributed by atoms with van der Waals surface area (Å²) >= 11 is 4.83. The van der Waals surface area contributed by atoms with Gasteiger partial charge in [0, 0.05) is 6.07 Å². The number of hydrogen-bond donors (Lipinski definition) is 1. The van der Waals surface area contributed by atoms with Crippen molar-refractivity contribution in [1.82, 2.24) is 0 Å². The monoisotopic (exact) mass is 383 g/mol. The highest BCUT2D eigenvalue weighted by atomic mass is 32.1. The Morgan fingerprint density at radius 1 is 1.30 bits per heavy atom. The van der Waals surface area contributed by atoms with Gasteiger partial charge >= 0.3 is 0 Å². The lowest BCUT2D eigenvalue weighted by Gasteiger charge is -2.13. The van der Waals surface area contributed by atoms with Gasteiger partial charge in [0.25, 0.3) is 5.69 Å². The Labute approximate surface area is 161 Å². The van der Waals surface area contributed by atoms with Gasteiger partial charge in [0.1, 0.15) is 17.7 Å². The van der Waals surface area contributed by atoms with E-state index in [1.807, 2.05) is 13.0 Å². The fourth-order valence-electron chi connectivity index (χ4n) is 2.29. The van der Waals surface area contributed by atoms with E-state index in [9.17, 15) is 10.1 Å². The first-order valence-corrected chi connectivity index (χ1v) is 8.40. The smallest absolute Gasteiger partial charge is 0.276 e. The van der Waals surface area contributed by atoms with Gasteiger partial charge in [0.05, 0.1) is 22.7 Å². The molecule has 0 aliphatic heterocycles. The Balaban J connectivity index is 2.29. The fraction of sp³-hybridized carbons (Fsp3) is 0.158. The third-order valence-electron chi connectivity index (χ3n) is 3.54. The highest BCUT2D eigenvalue weighted by Gasteiger charge is 2.14. The van der Waals surface area contributed by atoms with E-state index < -0.39 is 4.92 Å². The zero-order chi connectivity index (χ0) is 19.8. The van der Waals surface area contributed by atoms with Crippen molar-refractivity contribution in [3.63, 3.8) is 0 Å². The Morgan fingerprint density at radius 3 is 2.67 bits per heavy atom. The molecule has 2 rings (SSSR count). The van der Waals surface area contributed by atoms with Crippen molar-refractivity contribution in [1.29, 1.82) is 5.26 Å². The number of rotatable bonds is 8. The van der Waals surface area contributed by atoms with Crippen molar-refractivity contribution < 1.29 is 14.4 Å². The standard InChI is InChI=1S/C19H17N3O4S/c1-2-25-18-10-13(9-15(11-20)19(21)27)7-8-17(18)26-12-14-5-3-4-6-16(14)22(23)24/h3-10H,2,12H2,1H3,(H2,21,27)/b15-9+. The third kappa shape index (κ3) is 5.26. The van der Waals surface area contributed by atoms with Gasteiger partial charge in [-0.25, -0.2) is 0 Å². The molecule has 0 aromatic heterocycles. The molecule has 27 heavy (non-hydrogen) atoms. The van der Waals surface area contributed by atoms with Crippen molar-refractivity contribution in [3.8, 4) is 17.6 Å². The van der Waals surface area contributed by atoms with Gasteiger partial charge < -0.3 is 15.2 Å². The Morgan fingerprint density at radius 2 is 2.04 bits per heavy atom. The van der Waals surface area contributed by atoms with E-state index >= 15 is 0 Å². The van der Waals surface area contributed by atoms with Crippen LogP contribution in [-0.4, -0.2) is 16.5 Å². The van der Waals surface area contributed by atoms with E-state index in [-0.39, 0.29) is 22.9 Å². The molecule has 2 aromatic carbocycles. The first-order valence-electron chi connectivity index (χ1n) is 7.99. The van der Waals surface area contributed by atoms with Crippen LogP contribution in [0.4, 0.5) is 5.69 Å². The minimum atomic E-state index is -0.449. The maximum Gasteiger partial charge on any atom is 0.276 e. The zero-order valence-corrected chi connectivity index (χ0v) is 15.4. The molecule has 138 valence electrons. The van der Waals surface area contributed by atoms with E-state index in [4.69, 9.17) is 32.7 Å². The van der Waals surface area contributed by atoms with E-state index in [1.165, 1.54) is 6.07 Å². The molecule has 0 atom stereocenters. The molecule has 8 heteroatoms. The predicted octanol–water partition coefficient (Wildman–Crippen LogP) is 3.77. The van der Waals surface area contributed by atoms with E-state index in [1.54, 1.807) is 42.5 Å². The van der Waals surface area contributed by atoms with E-state index in [0.717, 1.165) is 0 Å². The van der Waals surface area contributed by atoms with Crippen LogP contribution in [0.1, 0.15) is 18.1 Å². The summed E-state index contributed by atoms with van der Waals surface area (Å²) in [4.78, 5) is 10.7. The molecule has 0 unspecified atom stereocenters. The number of nitro groups is 1. The summed E-state index contributed by atoms with van der Waals surface area (Å²) < 4.78 is 11.3. The fourth-order valence-corrected chi connectivity index (χ4v) is 2.40. The molecule has 0 bridgehead atoms. The molecular weight excluding hydrogens is 366 g/mol. The maximum atomic E-state index is 11.1. The molecule has 2 N–H and O–H groups in total. The quantitative estimate of drug-likeness (QED) is 0.243.